The fourth-order valence-corrected chi connectivity index (χ4v) is 2.72. The topological polar surface area (TPSA) is 45.2 Å². The summed E-state index contributed by atoms with van der Waals surface area (Å²) < 4.78 is 0. The molecular formula is C15H19N3OS. The minimum atomic E-state index is -0.0672. The van der Waals surface area contributed by atoms with Crippen molar-refractivity contribution < 1.29 is 4.79 Å². The highest BCUT2D eigenvalue weighted by atomic mass is 32.1. The van der Waals surface area contributed by atoms with E-state index in [-0.39, 0.29) is 6.03 Å². The molecule has 0 aliphatic carbocycles. The molecular weight excluding hydrogens is 270 g/mol. The number of aromatic nitrogens is 1. The van der Waals surface area contributed by atoms with E-state index in [1.54, 1.807) is 16.2 Å². The molecule has 0 spiro atoms. The Morgan fingerprint density at radius 2 is 2.10 bits per heavy atom. The van der Waals surface area contributed by atoms with Crippen LogP contribution < -0.4 is 5.32 Å². The lowest BCUT2D eigenvalue weighted by Gasteiger charge is -2.19. The Kier molecular flexibility index (Phi) is 4.74. The van der Waals surface area contributed by atoms with Gasteiger partial charge in [0, 0.05) is 35.4 Å². The molecule has 0 radical (unpaired) electrons. The van der Waals surface area contributed by atoms with Crippen LogP contribution >= 0.6 is 11.3 Å². The third kappa shape index (κ3) is 3.36. The summed E-state index contributed by atoms with van der Waals surface area (Å²) in [4.78, 5) is 18.2. The normalized spacial score (nSPS) is 10.3. The van der Waals surface area contributed by atoms with Crippen molar-refractivity contribution in [2.45, 2.75) is 20.8 Å². The molecule has 20 heavy (non-hydrogen) atoms. The lowest BCUT2D eigenvalue weighted by Crippen LogP contribution is -2.34. The van der Waals surface area contributed by atoms with Crippen LogP contribution in [0.4, 0.5) is 10.5 Å². The van der Waals surface area contributed by atoms with Gasteiger partial charge in [-0.3, -0.25) is 0 Å². The van der Waals surface area contributed by atoms with Crippen molar-refractivity contribution in [1.82, 2.24) is 9.88 Å². The minimum Gasteiger partial charge on any atom is -0.325 e. The van der Waals surface area contributed by atoms with Crippen LogP contribution in [0.15, 0.2) is 29.6 Å². The Morgan fingerprint density at radius 1 is 1.35 bits per heavy atom. The summed E-state index contributed by atoms with van der Waals surface area (Å²) in [5.41, 5.74) is 2.84. The van der Waals surface area contributed by atoms with Crippen LogP contribution in [0.3, 0.4) is 0 Å². The molecule has 5 heteroatoms. The molecule has 0 bridgehead atoms. The molecule has 0 unspecified atom stereocenters. The molecule has 1 N–H and O–H groups in total. The molecule has 2 aromatic rings. The number of hydrogen-bond donors (Lipinski definition) is 1. The average molecular weight is 289 g/mol. The Labute approximate surface area is 123 Å². The Hall–Kier alpha value is -1.88. The second kappa shape index (κ2) is 6.52. The van der Waals surface area contributed by atoms with E-state index in [9.17, 15) is 4.79 Å². The van der Waals surface area contributed by atoms with Gasteiger partial charge in [0.2, 0.25) is 0 Å². The predicted molar refractivity (Wildman–Crippen MR) is 84.2 cm³/mol. The fourth-order valence-electron chi connectivity index (χ4n) is 1.93. The fraction of sp³-hybridized carbons (Fsp3) is 0.333. The number of carbonyl (C=O) groups is 1. The molecule has 1 aromatic carbocycles. The molecule has 106 valence electrons. The second-order valence-corrected chi connectivity index (χ2v) is 5.34. The van der Waals surface area contributed by atoms with Crippen molar-refractivity contribution in [3.8, 4) is 10.6 Å². The minimum absolute atomic E-state index is 0.0672. The van der Waals surface area contributed by atoms with Crippen LogP contribution in [-0.4, -0.2) is 29.0 Å². The van der Waals surface area contributed by atoms with Crippen molar-refractivity contribution in [2.24, 2.45) is 0 Å². The first kappa shape index (κ1) is 14.5. The van der Waals surface area contributed by atoms with E-state index in [0.717, 1.165) is 22.0 Å². The summed E-state index contributed by atoms with van der Waals surface area (Å²) in [6, 6.07) is 7.72. The predicted octanol–water partition coefficient (Wildman–Crippen LogP) is 3.99. The van der Waals surface area contributed by atoms with Crippen LogP contribution in [0, 0.1) is 6.92 Å². The largest absolute Gasteiger partial charge is 0.325 e. The van der Waals surface area contributed by atoms with Gasteiger partial charge in [0.05, 0.1) is 0 Å². The van der Waals surface area contributed by atoms with Crippen molar-refractivity contribution in [3.63, 3.8) is 0 Å². The standard InChI is InChI=1S/C15H19N3OS/c1-4-18(5-2)15(19)17-13-8-6-7-12(9-13)14-16-11(3)10-20-14/h6-10H,4-5H2,1-3H3,(H,17,19). The first-order valence-corrected chi connectivity index (χ1v) is 7.60. The van der Waals surface area contributed by atoms with Gasteiger partial charge in [-0.15, -0.1) is 11.3 Å². The molecule has 1 aromatic heterocycles. The summed E-state index contributed by atoms with van der Waals surface area (Å²) in [5.74, 6) is 0. The SMILES string of the molecule is CCN(CC)C(=O)Nc1cccc(-c2nc(C)cs2)c1. The number of hydrogen-bond acceptors (Lipinski definition) is 3. The maximum atomic E-state index is 12.0. The Balaban J connectivity index is 2.16. The van der Waals surface area contributed by atoms with E-state index in [1.165, 1.54) is 0 Å². The lowest BCUT2D eigenvalue weighted by molar-refractivity contribution is 0.217. The van der Waals surface area contributed by atoms with E-state index in [0.29, 0.717) is 13.1 Å². The summed E-state index contributed by atoms with van der Waals surface area (Å²) in [7, 11) is 0. The number of aryl methyl sites for hydroxylation is 1. The lowest BCUT2D eigenvalue weighted by atomic mass is 10.2. The quantitative estimate of drug-likeness (QED) is 0.925. The zero-order valence-electron chi connectivity index (χ0n) is 12.0. The number of nitrogens with zero attached hydrogens (tertiary/aromatic N) is 2. The van der Waals surface area contributed by atoms with Crippen molar-refractivity contribution >= 4 is 23.1 Å². The zero-order valence-corrected chi connectivity index (χ0v) is 12.8. The number of thiazole rings is 1. The summed E-state index contributed by atoms with van der Waals surface area (Å²) in [5, 5.41) is 5.92. The molecule has 1 heterocycles. The molecule has 2 amide bonds. The Bertz CT molecular complexity index is 590. The van der Waals surface area contributed by atoms with E-state index in [4.69, 9.17) is 0 Å². The van der Waals surface area contributed by atoms with Crippen LogP contribution in [0.1, 0.15) is 19.5 Å². The smallest absolute Gasteiger partial charge is 0.321 e. The summed E-state index contributed by atoms with van der Waals surface area (Å²) in [6.45, 7) is 7.32. The van der Waals surface area contributed by atoms with E-state index >= 15 is 0 Å². The molecule has 0 saturated heterocycles. The number of amides is 2. The zero-order chi connectivity index (χ0) is 14.5. The van der Waals surface area contributed by atoms with Crippen LogP contribution in [0.5, 0.6) is 0 Å². The van der Waals surface area contributed by atoms with Gasteiger partial charge in [0.1, 0.15) is 5.01 Å². The van der Waals surface area contributed by atoms with E-state index in [2.05, 4.69) is 10.3 Å². The third-order valence-corrected chi connectivity index (χ3v) is 4.04. The number of carbonyl (C=O) groups excluding carboxylic acids is 1. The maximum absolute atomic E-state index is 12.0. The molecule has 0 aliphatic rings. The van der Waals surface area contributed by atoms with Gasteiger partial charge < -0.3 is 10.2 Å². The highest BCUT2D eigenvalue weighted by Gasteiger charge is 2.10. The number of nitrogens with one attached hydrogen (secondary N) is 1. The first-order valence-electron chi connectivity index (χ1n) is 6.72. The number of anilines is 1. The van der Waals surface area contributed by atoms with Crippen molar-refractivity contribution in [2.75, 3.05) is 18.4 Å². The van der Waals surface area contributed by atoms with Gasteiger partial charge in [-0.25, -0.2) is 9.78 Å². The van der Waals surface area contributed by atoms with Gasteiger partial charge >= 0.3 is 6.03 Å². The van der Waals surface area contributed by atoms with E-state index < -0.39 is 0 Å². The highest BCUT2D eigenvalue weighted by Crippen LogP contribution is 2.25. The monoisotopic (exact) mass is 289 g/mol. The average Bonchev–Trinajstić information content (AvgIpc) is 2.87. The molecule has 0 fully saturated rings. The van der Waals surface area contributed by atoms with Gasteiger partial charge in [-0.1, -0.05) is 12.1 Å². The number of rotatable bonds is 4. The number of urea groups is 1. The molecule has 4 nitrogen and oxygen atoms in total. The van der Waals surface area contributed by atoms with Crippen molar-refractivity contribution in [3.05, 3.63) is 35.3 Å². The molecule has 2 rings (SSSR count). The Morgan fingerprint density at radius 3 is 2.70 bits per heavy atom. The molecule has 0 saturated carbocycles. The van der Waals surface area contributed by atoms with E-state index in [1.807, 2.05) is 50.4 Å². The highest BCUT2D eigenvalue weighted by molar-refractivity contribution is 7.13. The van der Waals surface area contributed by atoms with Gasteiger partial charge in [0.25, 0.3) is 0 Å². The first-order chi connectivity index (χ1) is 9.63. The van der Waals surface area contributed by atoms with Gasteiger partial charge in [-0.2, -0.15) is 0 Å². The third-order valence-electron chi connectivity index (χ3n) is 3.03. The molecule has 0 aliphatic heterocycles. The summed E-state index contributed by atoms with van der Waals surface area (Å²) >= 11 is 1.61. The maximum Gasteiger partial charge on any atom is 0.321 e. The molecule has 0 atom stereocenters. The van der Waals surface area contributed by atoms with Crippen LogP contribution in [-0.2, 0) is 0 Å². The second-order valence-electron chi connectivity index (χ2n) is 4.48. The van der Waals surface area contributed by atoms with Crippen molar-refractivity contribution in [1.29, 1.82) is 0 Å². The van der Waals surface area contributed by atoms with Crippen LogP contribution in [0.2, 0.25) is 0 Å². The summed E-state index contributed by atoms with van der Waals surface area (Å²) in [6.07, 6.45) is 0. The van der Waals surface area contributed by atoms with Gasteiger partial charge in [-0.05, 0) is 32.9 Å². The number of benzene rings is 1. The van der Waals surface area contributed by atoms with Gasteiger partial charge in [0.15, 0.2) is 0 Å². The van der Waals surface area contributed by atoms with Crippen LogP contribution in [0.25, 0.3) is 10.6 Å².